The van der Waals surface area contributed by atoms with Crippen molar-refractivity contribution in [1.82, 2.24) is 0 Å². The van der Waals surface area contributed by atoms with Crippen molar-refractivity contribution in [3.8, 4) is 0 Å². The van der Waals surface area contributed by atoms with Crippen LogP contribution in [0.4, 0.5) is 5.69 Å². The third-order valence-electron chi connectivity index (χ3n) is 3.29. The molecule has 0 aliphatic heterocycles. The predicted molar refractivity (Wildman–Crippen MR) is 102 cm³/mol. The van der Waals surface area contributed by atoms with E-state index in [-0.39, 0.29) is 40.0 Å². The zero-order valence-electron chi connectivity index (χ0n) is 12.8. The Kier molecular flexibility index (Phi) is 6.73. The summed E-state index contributed by atoms with van der Waals surface area (Å²) in [4.78, 5) is 10.9. The van der Waals surface area contributed by atoms with E-state index in [1.807, 2.05) is 0 Å². The largest absolute Gasteiger partial charge is 0.481 e. The molecule has 0 amide bonds. The van der Waals surface area contributed by atoms with Gasteiger partial charge in [0, 0.05) is 27.5 Å². The van der Waals surface area contributed by atoms with Crippen LogP contribution < -0.4 is 4.31 Å². The van der Waals surface area contributed by atoms with Crippen LogP contribution in [0.5, 0.6) is 0 Å². The molecule has 0 spiro atoms. The van der Waals surface area contributed by atoms with E-state index in [0.29, 0.717) is 0 Å². The van der Waals surface area contributed by atoms with Gasteiger partial charge in [0.15, 0.2) is 0 Å². The topological polar surface area (TPSA) is 74.7 Å². The Morgan fingerprint density at radius 2 is 1.64 bits per heavy atom. The molecular formula is C16H14BrCl2NO4S. The van der Waals surface area contributed by atoms with Crippen LogP contribution in [0.25, 0.3) is 0 Å². The molecule has 0 aliphatic carbocycles. The monoisotopic (exact) mass is 465 g/mol. The van der Waals surface area contributed by atoms with E-state index in [0.717, 1.165) is 8.78 Å². The van der Waals surface area contributed by atoms with Gasteiger partial charge in [0.2, 0.25) is 0 Å². The molecule has 0 saturated heterocycles. The molecule has 9 heteroatoms. The highest BCUT2D eigenvalue weighted by molar-refractivity contribution is 9.10. The number of carboxylic acids is 1. The summed E-state index contributed by atoms with van der Waals surface area (Å²) in [6.45, 7) is -0.0125. The van der Waals surface area contributed by atoms with E-state index >= 15 is 0 Å². The standard InChI is InChI=1S/C16H14BrCl2NO4S/c17-11-3-5-15(6-4-11)25(23,24)20(7-1-2-16(21)22)14-9-12(18)8-13(19)10-14/h3-6,8-10H,1-2,7H2,(H,21,22). The van der Waals surface area contributed by atoms with Gasteiger partial charge in [-0.3, -0.25) is 9.10 Å². The number of nitrogens with zero attached hydrogens (tertiary/aromatic N) is 1. The second-order valence-corrected chi connectivity index (χ2v) is 8.81. The highest BCUT2D eigenvalue weighted by Gasteiger charge is 2.25. The highest BCUT2D eigenvalue weighted by atomic mass is 79.9. The maximum absolute atomic E-state index is 13.0. The number of anilines is 1. The molecular weight excluding hydrogens is 453 g/mol. The lowest BCUT2D eigenvalue weighted by Gasteiger charge is -2.25. The third-order valence-corrected chi connectivity index (χ3v) is 6.10. The summed E-state index contributed by atoms with van der Waals surface area (Å²) >= 11 is 15.2. The first-order chi connectivity index (χ1) is 11.7. The number of rotatable bonds is 7. The zero-order chi connectivity index (χ0) is 18.6. The van der Waals surface area contributed by atoms with Crippen molar-refractivity contribution in [3.63, 3.8) is 0 Å². The van der Waals surface area contributed by atoms with Crippen LogP contribution in [-0.4, -0.2) is 26.0 Å². The van der Waals surface area contributed by atoms with E-state index in [4.69, 9.17) is 28.3 Å². The van der Waals surface area contributed by atoms with E-state index in [1.165, 1.54) is 30.3 Å². The summed E-state index contributed by atoms with van der Waals surface area (Å²) in [5.41, 5.74) is 0.283. The maximum Gasteiger partial charge on any atom is 0.303 e. The van der Waals surface area contributed by atoms with Gasteiger partial charge in [0.25, 0.3) is 10.0 Å². The first-order valence-corrected chi connectivity index (χ1v) is 10.2. The molecule has 25 heavy (non-hydrogen) atoms. The number of sulfonamides is 1. The van der Waals surface area contributed by atoms with Crippen molar-refractivity contribution in [3.05, 3.63) is 57.0 Å². The Labute approximate surface area is 164 Å². The second-order valence-electron chi connectivity index (χ2n) is 5.16. The molecule has 0 aromatic heterocycles. The highest BCUT2D eigenvalue weighted by Crippen LogP contribution is 2.30. The lowest BCUT2D eigenvalue weighted by atomic mass is 10.3. The first kappa shape index (κ1) is 20.0. The van der Waals surface area contributed by atoms with Gasteiger partial charge in [-0.2, -0.15) is 0 Å². The van der Waals surface area contributed by atoms with E-state index in [1.54, 1.807) is 12.1 Å². The predicted octanol–water partition coefficient (Wildman–Crippen LogP) is 4.82. The Morgan fingerprint density at radius 1 is 1.08 bits per heavy atom. The summed E-state index contributed by atoms with van der Waals surface area (Å²) < 4.78 is 27.9. The summed E-state index contributed by atoms with van der Waals surface area (Å²) in [6.07, 6.45) is -0.00409. The van der Waals surface area contributed by atoms with E-state index < -0.39 is 16.0 Å². The minimum atomic E-state index is -3.90. The number of carboxylic acid groups (broad SMARTS) is 1. The fourth-order valence-corrected chi connectivity index (χ4v) is 4.44. The Bertz CT molecular complexity index is 852. The van der Waals surface area contributed by atoms with Crippen molar-refractivity contribution in [2.75, 3.05) is 10.8 Å². The lowest BCUT2D eigenvalue weighted by molar-refractivity contribution is -0.137. The van der Waals surface area contributed by atoms with E-state index in [2.05, 4.69) is 15.9 Å². The van der Waals surface area contributed by atoms with Gasteiger partial charge in [-0.05, 0) is 48.9 Å². The molecule has 2 aromatic carbocycles. The molecule has 0 radical (unpaired) electrons. The molecule has 134 valence electrons. The van der Waals surface area contributed by atoms with Gasteiger partial charge < -0.3 is 5.11 Å². The average molecular weight is 467 g/mol. The molecule has 2 rings (SSSR count). The summed E-state index contributed by atoms with van der Waals surface area (Å²) in [7, 11) is -3.90. The molecule has 5 nitrogen and oxygen atoms in total. The first-order valence-electron chi connectivity index (χ1n) is 7.16. The zero-order valence-corrected chi connectivity index (χ0v) is 16.7. The molecule has 0 heterocycles. The van der Waals surface area contributed by atoms with Gasteiger partial charge in [-0.25, -0.2) is 8.42 Å². The average Bonchev–Trinajstić information content (AvgIpc) is 2.50. The summed E-state index contributed by atoms with van der Waals surface area (Å²) in [5, 5.41) is 9.40. The third kappa shape index (κ3) is 5.34. The van der Waals surface area contributed by atoms with E-state index in [9.17, 15) is 13.2 Å². The Morgan fingerprint density at radius 3 is 2.16 bits per heavy atom. The molecule has 0 unspecified atom stereocenters. The normalized spacial score (nSPS) is 11.3. The van der Waals surface area contributed by atoms with Crippen LogP contribution in [0, 0.1) is 0 Å². The fraction of sp³-hybridized carbons (Fsp3) is 0.188. The number of benzene rings is 2. The van der Waals surface area contributed by atoms with Gasteiger partial charge in [-0.1, -0.05) is 39.1 Å². The smallest absolute Gasteiger partial charge is 0.303 e. The molecule has 1 N–H and O–H groups in total. The summed E-state index contributed by atoms with van der Waals surface area (Å²) in [6, 6.07) is 10.6. The number of hydrogen-bond acceptors (Lipinski definition) is 3. The van der Waals surface area contributed by atoms with Crippen LogP contribution in [0.1, 0.15) is 12.8 Å². The minimum absolute atomic E-state index is 0.0125. The SMILES string of the molecule is O=C(O)CCCN(c1cc(Cl)cc(Cl)c1)S(=O)(=O)c1ccc(Br)cc1. The van der Waals surface area contributed by atoms with Crippen LogP contribution in [0.15, 0.2) is 51.8 Å². The number of hydrogen-bond donors (Lipinski definition) is 1. The van der Waals surface area contributed by atoms with Crippen molar-refractivity contribution < 1.29 is 18.3 Å². The van der Waals surface area contributed by atoms with Gasteiger partial charge >= 0.3 is 5.97 Å². The van der Waals surface area contributed by atoms with Crippen LogP contribution >= 0.6 is 39.1 Å². The molecule has 0 aliphatic rings. The van der Waals surface area contributed by atoms with Crippen molar-refractivity contribution >= 4 is 60.8 Å². The number of halogens is 3. The van der Waals surface area contributed by atoms with Crippen molar-refractivity contribution in [2.24, 2.45) is 0 Å². The van der Waals surface area contributed by atoms with Crippen molar-refractivity contribution in [1.29, 1.82) is 0 Å². The second kappa shape index (κ2) is 8.40. The van der Waals surface area contributed by atoms with Gasteiger partial charge in [-0.15, -0.1) is 0 Å². The van der Waals surface area contributed by atoms with Crippen LogP contribution in [-0.2, 0) is 14.8 Å². The van der Waals surface area contributed by atoms with Crippen LogP contribution in [0.2, 0.25) is 10.0 Å². The number of carbonyl (C=O) groups is 1. The fourth-order valence-electron chi connectivity index (χ4n) is 2.18. The quantitative estimate of drug-likeness (QED) is 0.634. The maximum atomic E-state index is 13.0. The summed E-state index contributed by atoms with van der Waals surface area (Å²) in [5.74, 6) is -0.995. The molecule has 0 bridgehead atoms. The Balaban J connectivity index is 2.45. The van der Waals surface area contributed by atoms with Crippen molar-refractivity contribution in [2.45, 2.75) is 17.7 Å². The molecule has 2 aromatic rings. The Hall–Kier alpha value is -1.28. The van der Waals surface area contributed by atoms with Gasteiger partial charge in [0.1, 0.15) is 0 Å². The number of aliphatic carboxylic acids is 1. The minimum Gasteiger partial charge on any atom is -0.481 e. The van der Waals surface area contributed by atoms with Crippen LogP contribution in [0.3, 0.4) is 0 Å². The molecule has 0 atom stereocenters. The van der Waals surface area contributed by atoms with Gasteiger partial charge in [0.05, 0.1) is 10.6 Å². The lowest BCUT2D eigenvalue weighted by Crippen LogP contribution is -2.32. The molecule has 0 fully saturated rings. The molecule has 0 saturated carbocycles.